The Bertz CT molecular complexity index is 1220. The summed E-state index contributed by atoms with van der Waals surface area (Å²) in [5.74, 6) is -0.718. The van der Waals surface area contributed by atoms with E-state index in [0.717, 1.165) is 5.56 Å². The number of hydrogen-bond acceptors (Lipinski definition) is 5. The molecule has 9 nitrogen and oxygen atoms in total. The number of piperazine rings is 1. The van der Waals surface area contributed by atoms with Crippen molar-refractivity contribution in [1.82, 2.24) is 14.1 Å². The molecular formula is C23H26N4O5S. The van der Waals surface area contributed by atoms with E-state index >= 15 is 0 Å². The van der Waals surface area contributed by atoms with Crippen molar-refractivity contribution in [3.63, 3.8) is 0 Å². The van der Waals surface area contributed by atoms with Gasteiger partial charge in [-0.3, -0.25) is 14.5 Å². The van der Waals surface area contributed by atoms with Gasteiger partial charge in [0.05, 0.1) is 16.0 Å². The molecule has 0 aliphatic carbocycles. The van der Waals surface area contributed by atoms with Crippen LogP contribution in [0.15, 0.2) is 47.4 Å². The minimum atomic E-state index is -3.62. The zero-order valence-electron chi connectivity index (χ0n) is 18.7. The fraction of sp³-hybridized carbons (Fsp3) is 0.348. The van der Waals surface area contributed by atoms with Crippen LogP contribution in [0, 0.1) is 6.92 Å². The number of anilines is 1. The summed E-state index contributed by atoms with van der Waals surface area (Å²) in [4.78, 5) is 40.7. The summed E-state index contributed by atoms with van der Waals surface area (Å²) in [6.45, 7) is 6.27. The van der Waals surface area contributed by atoms with Gasteiger partial charge in [0.1, 0.15) is 0 Å². The van der Waals surface area contributed by atoms with Crippen molar-refractivity contribution in [2.45, 2.75) is 31.7 Å². The minimum Gasteiger partial charge on any atom is -0.322 e. The number of aryl methyl sites for hydroxylation is 1. The Morgan fingerprint density at radius 2 is 1.52 bits per heavy atom. The molecule has 4 rings (SSSR count). The standard InChI is InChI=1S/C23H26N4O5S/c1-15(2)27-21(28)19-9-6-17(14-20(19)22(27)29)24-23(30)25-10-12-26(13-11-25)33(31,32)18-7-4-16(3)5-8-18/h4-9,14-15H,10-13H2,1-3H3,(H,24,30). The lowest BCUT2D eigenvalue weighted by atomic mass is 10.1. The molecule has 4 amide bonds. The molecule has 33 heavy (non-hydrogen) atoms. The van der Waals surface area contributed by atoms with Gasteiger partial charge in [0, 0.05) is 37.9 Å². The lowest BCUT2D eigenvalue weighted by Crippen LogP contribution is -2.51. The Kier molecular flexibility index (Phi) is 5.98. The first-order valence-corrected chi connectivity index (χ1v) is 12.2. The van der Waals surface area contributed by atoms with Crippen LogP contribution < -0.4 is 5.32 Å². The molecule has 2 aliphatic heterocycles. The highest BCUT2D eigenvalue weighted by Gasteiger charge is 2.37. The molecule has 1 saturated heterocycles. The minimum absolute atomic E-state index is 0.185. The maximum absolute atomic E-state index is 12.8. The summed E-state index contributed by atoms with van der Waals surface area (Å²) >= 11 is 0. The van der Waals surface area contributed by atoms with Crippen LogP contribution in [0.4, 0.5) is 10.5 Å². The summed E-state index contributed by atoms with van der Waals surface area (Å²) in [7, 11) is -3.62. The molecule has 0 saturated carbocycles. The van der Waals surface area contributed by atoms with E-state index in [1.165, 1.54) is 20.2 Å². The van der Waals surface area contributed by atoms with Crippen molar-refractivity contribution in [1.29, 1.82) is 0 Å². The number of nitrogens with zero attached hydrogens (tertiary/aromatic N) is 3. The third-order valence-corrected chi connectivity index (χ3v) is 7.78. The van der Waals surface area contributed by atoms with Gasteiger partial charge in [-0.05, 0) is 51.1 Å². The lowest BCUT2D eigenvalue weighted by molar-refractivity contribution is 0.0609. The van der Waals surface area contributed by atoms with E-state index in [-0.39, 0.29) is 60.5 Å². The van der Waals surface area contributed by atoms with Gasteiger partial charge in [0.25, 0.3) is 11.8 Å². The average Bonchev–Trinajstić information content (AvgIpc) is 3.03. The first-order chi connectivity index (χ1) is 15.6. The second kappa shape index (κ2) is 8.60. The van der Waals surface area contributed by atoms with Gasteiger partial charge in [-0.1, -0.05) is 17.7 Å². The van der Waals surface area contributed by atoms with Crippen LogP contribution in [-0.2, 0) is 10.0 Å². The summed E-state index contributed by atoms with van der Waals surface area (Å²) < 4.78 is 27.1. The van der Waals surface area contributed by atoms with Crippen molar-refractivity contribution < 1.29 is 22.8 Å². The highest BCUT2D eigenvalue weighted by atomic mass is 32.2. The average molecular weight is 471 g/mol. The number of rotatable bonds is 4. The van der Waals surface area contributed by atoms with Crippen LogP contribution in [0.5, 0.6) is 0 Å². The third-order valence-electron chi connectivity index (χ3n) is 5.87. The molecule has 0 bridgehead atoms. The number of amides is 4. The highest BCUT2D eigenvalue weighted by molar-refractivity contribution is 7.89. The number of imide groups is 1. The summed E-state index contributed by atoms with van der Waals surface area (Å²) in [6, 6.07) is 10.7. The van der Waals surface area contributed by atoms with Gasteiger partial charge >= 0.3 is 6.03 Å². The maximum Gasteiger partial charge on any atom is 0.321 e. The number of hydrogen-bond donors (Lipinski definition) is 1. The zero-order chi connectivity index (χ0) is 23.9. The number of fused-ring (bicyclic) bond motifs is 1. The number of sulfonamides is 1. The second-order valence-electron chi connectivity index (χ2n) is 8.47. The molecule has 0 radical (unpaired) electrons. The Balaban J connectivity index is 1.40. The molecule has 2 aromatic carbocycles. The largest absolute Gasteiger partial charge is 0.322 e. The third kappa shape index (κ3) is 4.23. The topological polar surface area (TPSA) is 107 Å². The van der Waals surface area contributed by atoms with E-state index in [1.807, 2.05) is 6.92 Å². The molecule has 2 aliphatic rings. The smallest absolute Gasteiger partial charge is 0.321 e. The molecule has 0 spiro atoms. The van der Waals surface area contributed by atoms with Crippen LogP contribution in [0.2, 0.25) is 0 Å². The molecule has 2 aromatic rings. The van der Waals surface area contributed by atoms with Crippen molar-refractivity contribution >= 4 is 33.6 Å². The van der Waals surface area contributed by atoms with E-state index in [1.54, 1.807) is 50.2 Å². The molecule has 0 atom stereocenters. The second-order valence-corrected chi connectivity index (χ2v) is 10.4. The van der Waals surface area contributed by atoms with Crippen molar-refractivity contribution in [2.24, 2.45) is 0 Å². The maximum atomic E-state index is 12.8. The molecule has 2 heterocycles. The monoisotopic (exact) mass is 470 g/mol. The summed E-state index contributed by atoms with van der Waals surface area (Å²) in [6.07, 6.45) is 0. The molecular weight excluding hydrogens is 444 g/mol. The van der Waals surface area contributed by atoms with Gasteiger partial charge in [0.15, 0.2) is 0 Å². The normalized spacial score (nSPS) is 17.0. The first-order valence-electron chi connectivity index (χ1n) is 10.7. The van der Waals surface area contributed by atoms with Crippen molar-refractivity contribution in [2.75, 3.05) is 31.5 Å². The number of urea groups is 1. The molecule has 1 N–H and O–H groups in total. The number of benzene rings is 2. The Labute approximate surface area is 193 Å². The van der Waals surface area contributed by atoms with Gasteiger partial charge in [-0.15, -0.1) is 0 Å². The SMILES string of the molecule is Cc1ccc(S(=O)(=O)N2CCN(C(=O)Nc3ccc4c(c3)C(=O)N(C(C)C)C4=O)CC2)cc1. The van der Waals surface area contributed by atoms with Crippen LogP contribution in [0.25, 0.3) is 0 Å². The zero-order valence-corrected chi connectivity index (χ0v) is 19.6. The van der Waals surface area contributed by atoms with Gasteiger partial charge < -0.3 is 10.2 Å². The Morgan fingerprint density at radius 1 is 0.909 bits per heavy atom. The van der Waals surface area contributed by atoms with Gasteiger partial charge in [-0.25, -0.2) is 13.2 Å². The molecule has 1 fully saturated rings. The number of carbonyl (C=O) groups is 3. The molecule has 0 aromatic heterocycles. The molecule has 10 heteroatoms. The Morgan fingerprint density at radius 3 is 2.12 bits per heavy atom. The lowest BCUT2D eigenvalue weighted by Gasteiger charge is -2.34. The fourth-order valence-electron chi connectivity index (χ4n) is 4.00. The van der Waals surface area contributed by atoms with Crippen molar-refractivity contribution in [3.8, 4) is 0 Å². The van der Waals surface area contributed by atoms with Crippen molar-refractivity contribution in [3.05, 3.63) is 59.2 Å². The summed E-state index contributed by atoms with van der Waals surface area (Å²) in [5.41, 5.74) is 1.97. The van der Waals surface area contributed by atoms with E-state index in [9.17, 15) is 22.8 Å². The quantitative estimate of drug-likeness (QED) is 0.691. The number of carbonyl (C=O) groups excluding carboxylic acids is 3. The molecule has 174 valence electrons. The van der Waals surface area contributed by atoms with Gasteiger partial charge in [0.2, 0.25) is 10.0 Å². The van der Waals surface area contributed by atoms with E-state index in [2.05, 4.69) is 5.32 Å². The number of nitrogens with one attached hydrogen (secondary N) is 1. The van der Waals surface area contributed by atoms with Crippen LogP contribution in [-0.4, -0.2) is 72.6 Å². The van der Waals surface area contributed by atoms with Gasteiger partial charge in [-0.2, -0.15) is 4.31 Å². The predicted molar refractivity (Wildman–Crippen MR) is 123 cm³/mol. The highest BCUT2D eigenvalue weighted by Crippen LogP contribution is 2.27. The summed E-state index contributed by atoms with van der Waals surface area (Å²) in [5, 5.41) is 2.75. The first kappa shape index (κ1) is 22.9. The fourth-order valence-corrected chi connectivity index (χ4v) is 5.42. The van der Waals surface area contributed by atoms with E-state index in [0.29, 0.717) is 11.3 Å². The Hall–Kier alpha value is -3.24. The van der Waals surface area contributed by atoms with E-state index in [4.69, 9.17) is 0 Å². The van der Waals surface area contributed by atoms with Crippen LogP contribution in [0.3, 0.4) is 0 Å². The molecule has 0 unspecified atom stereocenters. The van der Waals surface area contributed by atoms with E-state index < -0.39 is 10.0 Å². The predicted octanol–water partition coefficient (Wildman–Crippen LogP) is 2.54. The van der Waals surface area contributed by atoms with Crippen LogP contribution in [0.1, 0.15) is 40.1 Å². The van der Waals surface area contributed by atoms with Crippen LogP contribution >= 0.6 is 0 Å².